The summed E-state index contributed by atoms with van der Waals surface area (Å²) >= 11 is 0. The Bertz CT molecular complexity index is 383. The molecule has 0 bridgehead atoms. The Morgan fingerprint density at radius 3 is 2.88 bits per heavy atom. The molecule has 0 saturated heterocycles. The maximum Gasteiger partial charge on any atom is 0.323 e. The maximum absolute atomic E-state index is 10.6. The zero-order valence-electron chi connectivity index (χ0n) is 8.84. The molecule has 0 aromatic carbocycles. The van der Waals surface area contributed by atoms with Crippen LogP contribution in [0, 0.1) is 6.92 Å². The molecule has 1 rings (SSSR count). The third-order valence-corrected chi connectivity index (χ3v) is 2.04. The molecular formula is C9H14N4O3. The first-order valence-electron chi connectivity index (χ1n) is 4.69. The van der Waals surface area contributed by atoms with Gasteiger partial charge in [-0.25, -0.2) is 9.97 Å². The minimum absolute atomic E-state index is 0.198. The van der Waals surface area contributed by atoms with Crippen LogP contribution in [-0.2, 0) is 11.3 Å². The largest absolute Gasteiger partial charge is 0.480 e. The lowest BCUT2D eigenvalue weighted by molar-refractivity contribution is -0.140. The standard InChI is InChI=1S/C9H14N4O3/c1-5-11-2-6(8(10)13-5)3-12-7(4-14)9(15)16/h2,7,12,14H,3-4H2,1H3,(H,15,16)(H2,10,11,13). The van der Waals surface area contributed by atoms with E-state index in [4.69, 9.17) is 15.9 Å². The van der Waals surface area contributed by atoms with Crippen LogP contribution in [0.15, 0.2) is 6.20 Å². The van der Waals surface area contributed by atoms with Gasteiger partial charge in [0.2, 0.25) is 0 Å². The van der Waals surface area contributed by atoms with Crippen molar-refractivity contribution in [3.8, 4) is 0 Å². The predicted octanol–water partition coefficient (Wildman–Crippen LogP) is -1.10. The molecule has 0 saturated carbocycles. The average molecular weight is 226 g/mol. The Labute approximate surface area is 92.3 Å². The first-order valence-corrected chi connectivity index (χ1v) is 4.69. The molecule has 16 heavy (non-hydrogen) atoms. The van der Waals surface area contributed by atoms with E-state index in [1.165, 1.54) is 6.20 Å². The van der Waals surface area contributed by atoms with Crippen LogP contribution >= 0.6 is 0 Å². The molecule has 0 spiro atoms. The number of rotatable bonds is 5. The molecule has 7 heteroatoms. The van der Waals surface area contributed by atoms with Gasteiger partial charge < -0.3 is 15.9 Å². The minimum Gasteiger partial charge on any atom is -0.480 e. The van der Waals surface area contributed by atoms with Crippen molar-refractivity contribution in [3.63, 3.8) is 0 Å². The Morgan fingerprint density at radius 2 is 2.38 bits per heavy atom. The number of aromatic nitrogens is 2. The second kappa shape index (κ2) is 5.38. The number of nitrogens with two attached hydrogens (primary N) is 1. The zero-order valence-corrected chi connectivity index (χ0v) is 8.84. The first-order chi connectivity index (χ1) is 7.54. The number of hydrogen-bond donors (Lipinski definition) is 4. The summed E-state index contributed by atoms with van der Waals surface area (Å²) in [6.07, 6.45) is 1.53. The van der Waals surface area contributed by atoms with E-state index < -0.39 is 18.6 Å². The van der Waals surface area contributed by atoms with Gasteiger partial charge in [-0.15, -0.1) is 0 Å². The number of nitrogens with one attached hydrogen (secondary N) is 1. The van der Waals surface area contributed by atoms with Gasteiger partial charge in [-0.05, 0) is 6.92 Å². The van der Waals surface area contributed by atoms with Crippen molar-refractivity contribution < 1.29 is 15.0 Å². The maximum atomic E-state index is 10.6. The van der Waals surface area contributed by atoms with Gasteiger partial charge in [0, 0.05) is 18.3 Å². The number of aliphatic hydroxyl groups excluding tert-OH is 1. The van der Waals surface area contributed by atoms with Crippen molar-refractivity contribution in [3.05, 3.63) is 17.6 Å². The molecule has 7 nitrogen and oxygen atoms in total. The van der Waals surface area contributed by atoms with E-state index in [0.29, 0.717) is 17.2 Å². The fourth-order valence-corrected chi connectivity index (χ4v) is 1.11. The monoisotopic (exact) mass is 226 g/mol. The Balaban J connectivity index is 2.63. The molecule has 0 aliphatic rings. The smallest absolute Gasteiger partial charge is 0.323 e. The van der Waals surface area contributed by atoms with Gasteiger partial charge in [-0.1, -0.05) is 0 Å². The Morgan fingerprint density at radius 1 is 1.69 bits per heavy atom. The van der Waals surface area contributed by atoms with Gasteiger partial charge in [-0.3, -0.25) is 10.1 Å². The predicted molar refractivity (Wildman–Crippen MR) is 56.5 cm³/mol. The number of aliphatic hydroxyl groups is 1. The summed E-state index contributed by atoms with van der Waals surface area (Å²) in [5.74, 6) is -0.255. The van der Waals surface area contributed by atoms with Crippen LogP contribution < -0.4 is 11.1 Å². The molecular weight excluding hydrogens is 212 g/mol. The van der Waals surface area contributed by atoms with E-state index in [1.807, 2.05) is 0 Å². The number of aryl methyl sites for hydroxylation is 1. The first kappa shape index (κ1) is 12.3. The van der Waals surface area contributed by atoms with Gasteiger partial charge in [-0.2, -0.15) is 0 Å². The van der Waals surface area contributed by atoms with E-state index >= 15 is 0 Å². The van der Waals surface area contributed by atoms with Crippen LogP contribution in [-0.4, -0.2) is 38.8 Å². The molecule has 0 radical (unpaired) electrons. The Kier molecular flexibility index (Phi) is 4.15. The summed E-state index contributed by atoms with van der Waals surface area (Å²) < 4.78 is 0. The Hall–Kier alpha value is -1.73. The van der Waals surface area contributed by atoms with Crippen molar-refractivity contribution >= 4 is 11.8 Å². The van der Waals surface area contributed by atoms with E-state index in [9.17, 15) is 4.79 Å². The number of carbonyl (C=O) groups is 1. The molecule has 0 aliphatic heterocycles. The number of carboxylic acids is 1. The summed E-state index contributed by atoms with van der Waals surface area (Å²) in [7, 11) is 0. The van der Waals surface area contributed by atoms with Gasteiger partial charge >= 0.3 is 5.97 Å². The quantitative estimate of drug-likeness (QED) is 0.503. The highest BCUT2D eigenvalue weighted by Crippen LogP contribution is 2.06. The molecule has 1 atom stereocenters. The molecule has 1 heterocycles. The van der Waals surface area contributed by atoms with Crippen LogP contribution in [0.4, 0.5) is 5.82 Å². The summed E-state index contributed by atoms with van der Waals surface area (Å²) in [5.41, 5.74) is 6.23. The van der Waals surface area contributed by atoms with Gasteiger partial charge in [0.05, 0.1) is 6.61 Å². The van der Waals surface area contributed by atoms with Crippen molar-refractivity contribution in [2.75, 3.05) is 12.3 Å². The molecule has 0 fully saturated rings. The highest BCUT2D eigenvalue weighted by Gasteiger charge is 2.15. The van der Waals surface area contributed by atoms with Gasteiger partial charge in [0.1, 0.15) is 17.7 Å². The van der Waals surface area contributed by atoms with E-state index in [2.05, 4.69) is 15.3 Å². The third-order valence-electron chi connectivity index (χ3n) is 2.04. The molecule has 88 valence electrons. The number of anilines is 1. The number of carboxylic acid groups (broad SMARTS) is 1. The van der Waals surface area contributed by atoms with Gasteiger partial charge in [0.25, 0.3) is 0 Å². The van der Waals surface area contributed by atoms with Crippen LogP contribution in [0.5, 0.6) is 0 Å². The average Bonchev–Trinajstić information content (AvgIpc) is 2.21. The summed E-state index contributed by atoms with van der Waals surface area (Å²) in [6.45, 7) is 1.42. The fraction of sp³-hybridized carbons (Fsp3) is 0.444. The lowest BCUT2D eigenvalue weighted by atomic mass is 10.2. The number of aliphatic carboxylic acids is 1. The topological polar surface area (TPSA) is 121 Å². The van der Waals surface area contributed by atoms with E-state index in [0.717, 1.165) is 0 Å². The van der Waals surface area contributed by atoms with Crippen molar-refractivity contribution in [1.29, 1.82) is 0 Å². The lowest BCUT2D eigenvalue weighted by Gasteiger charge is -2.12. The SMILES string of the molecule is Cc1ncc(CNC(CO)C(=O)O)c(N)n1. The second-order valence-electron chi connectivity index (χ2n) is 3.28. The van der Waals surface area contributed by atoms with Crippen molar-refractivity contribution in [1.82, 2.24) is 15.3 Å². The molecule has 1 aromatic rings. The van der Waals surface area contributed by atoms with Crippen LogP contribution in [0.3, 0.4) is 0 Å². The highest BCUT2D eigenvalue weighted by molar-refractivity contribution is 5.73. The number of nitrogens with zero attached hydrogens (tertiary/aromatic N) is 2. The molecule has 0 aliphatic carbocycles. The molecule has 1 unspecified atom stereocenters. The van der Waals surface area contributed by atoms with E-state index in [-0.39, 0.29) is 6.54 Å². The third kappa shape index (κ3) is 3.14. The minimum atomic E-state index is -1.12. The van der Waals surface area contributed by atoms with Crippen LogP contribution in [0.2, 0.25) is 0 Å². The normalized spacial score (nSPS) is 12.4. The van der Waals surface area contributed by atoms with Crippen molar-refractivity contribution in [2.45, 2.75) is 19.5 Å². The summed E-state index contributed by atoms with van der Waals surface area (Å²) in [6, 6.07) is -1.01. The summed E-state index contributed by atoms with van der Waals surface area (Å²) in [4.78, 5) is 18.5. The number of hydrogen-bond acceptors (Lipinski definition) is 6. The summed E-state index contributed by atoms with van der Waals surface area (Å²) in [5, 5.41) is 20.1. The zero-order chi connectivity index (χ0) is 12.1. The van der Waals surface area contributed by atoms with E-state index in [1.54, 1.807) is 6.92 Å². The lowest BCUT2D eigenvalue weighted by Crippen LogP contribution is -2.39. The molecule has 5 N–H and O–H groups in total. The van der Waals surface area contributed by atoms with Crippen LogP contribution in [0.1, 0.15) is 11.4 Å². The number of nitrogen functional groups attached to an aromatic ring is 1. The van der Waals surface area contributed by atoms with Gasteiger partial charge in [0.15, 0.2) is 0 Å². The highest BCUT2D eigenvalue weighted by atomic mass is 16.4. The molecule has 1 aromatic heterocycles. The van der Waals surface area contributed by atoms with Crippen molar-refractivity contribution in [2.24, 2.45) is 0 Å². The van der Waals surface area contributed by atoms with Crippen LogP contribution in [0.25, 0.3) is 0 Å². The fourth-order valence-electron chi connectivity index (χ4n) is 1.11. The second-order valence-corrected chi connectivity index (χ2v) is 3.28. The molecule has 0 amide bonds.